The monoisotopic (exact) mass is 281 g/mol. The summed E-state index contributed by atoms with van der Waals surface area (Å²) >= 11 is 6.11. The van der Waals surface area contributed by atoms with E-state index in [9.17, 15) is 9.90 Å². The minimum absolute atomic E-state index is 0.0539. The lowest BCUT2D eigenvalue weighted by Gasteiger charge is -2.33. The van der Waals surface area contributed by atoms with E-state index in [4.69, 9.17) is 11.6 Å². The summed E-state index contributed by atoms with van der Waals surface area (Å²) in [5, 5.41) is 9.56. The number of hydrogen-bond acceptors (Lipinski definition) is 2. The van der Waals surface area contributed by atoms with Crippen LogP contribution in [0.5, 0.6) is 5.75 Å². The highest BCUT2D eigenvalue weighted by molar-refractivity contribution is 6.20. The van der Waals surface area contributed by atoms with E-state index in [0.717, 1.165) is 31.5 Å². The van der Waals surface area contributed by atoms with Gasteiger partial charge in [-0.1, -0.05) is 0 Å². The maximum absolute atomic E-state index is 12.4. The number of nitrogens with zero attached hydrogens (tertiary/aromatic N) is 1. The summed E-state index contributed by atoms with van der Waals surface area (Å²) < 4.78 is 0. The van der Waals surface area contributed by atoms with E-state index in [0.29, 0.717) is 11.5 Å². The maximum atomic E-state index is 12.4. The number of piperidine rings is 1. The molecule has 3 nitrogen and oxygen atoms in total. The third-order valence-electron chi connectivity index (χ3n) is 3.92. The summed E-state index contributed by atoms with van der Waals surface area (Å²) in [6.07, 6.45) is 1.93. The zero-order valence-electron chi connectivity index (χ0n) is 11.4. The van der Waals surface area contributed by atoms with Gasteiger partial charge in [-0.15, -0.1) is 11.6 Å². The Labute approximate surface area is 119 Å². The number of carbonyl (C=O) groups is 1. The predicted molar refractivity (Wildman–Crippen MR) is 76.8 cm³/mol. The molecular weight excluding hydrogens is 262 g/mol. The lowest BCUT2D eigenvalue weighted by Crippen LogP contribution is -2.40. The Morgan fingerprint density at radius 2 is 2.05 bits per heavy atom. The molecule has 0 aliphatic carbocycles. The van der Waals surface area contributed by atoms with Crippen molar-refractivity contribution in [2.45, 2.75) is 32.1 Å². The normalized spacial score (nSPS) is 18.4. The Morgan fingerprint density at radius 3 is 2.58 bits per heavy atom. The Balaban J connectivity index is 2.05. The van der Waals surface area contributed by atoms with E-state index in [1.54, 1.807) is 18.2 Å². The third kappa shape index (κ3) is 3.21. The summed E-state index contributed by atoms with van der Waals surface area (Å²) in [4.78, 5) is 14.3. The number of phenols is 1. The lowest BCUT2D eigenvalue weighted by molar-refractivity contribution is 0.0689. The van der Waals surface area contributed by atoms with Gasteiger partial charge in [-0.25, -0.2) is 0 Å². The number of carbonyl (C=O) groups excluding carboxylic acids is 1. The molecule has 1 atom stereocenters. The molecule has 0 saturated carbocycles. The summed E-state index contributed by atoms with van der Waals surface area (Å²) in [7, 11) is 0. The SMILES string of the molecule is Cc1cc(O)ccc1C(=O)N1CCC(C(C)Cl)CC1. The van der Waals surface area contributed by atoms with Crippen LogP contribution < -0.4 is 0 Å². The van der Waals surface area contributed by atoms with Gasteiger partial charge in [0.25, 0.3) is 5.91 Å². The van der Waals surface area contributed by atoms with Gasteiger partial charge in [0.2, 0.25) is 0 Å². The van der Waals surface area contributed by atoms with Gasteiger partial charge in [0.1, 0.15) is 5.75 Å². The predicted octanol–water partition coefficient (Wildman–Crippen LogP) is 3.18. The second-order valence-corrected chi connectivity index (χ2v) is 5.99. The first kappa shape index (κ1) is 14.2. The number of rotatable bonds is 2. The Bertz CT molecular complexity index is 465. The number of aryl methyl sites for hydroxylation is 1. The number of alkyl halides is 1. The molecule has 1 saturated heterocycles. The van der Waals surface area contributed by atoms with Crippen LogP contribution in [0.4, 0.5) is 0 Å². The van der Waals surface area contributed by atoms with Crippen LogP contribution in [-0.2, 0) is 0 Å². The molecule has 104 valence electrons. The smallest absolute Gasteiger partial charge is 0.254 e. The molecule has 1 amide bonds. The summed E-state index contributed by atoms with van der Waals surface area (Å²) in [6.45, 7) is 5.40. The second-order valence-electron chi connectivity index (χ2n) is 5.31. The van der Waals surface area contributed by atoms with Gasteiger partial charge in [-0.3, -0.25) is 4.79 Å². The molecule has 2 rings (SSSR count). The van der Waals surface area contributed by atoms with Crippen LogP contribution in [0.2, 0.25) is 0 Å². The van der Waals surface area contributed by atoms with Gasteiger partial charge < -0.3 is 10.0 Å². The van der Waals surface area contributed by atoms with E-state index in [1.807, 2.05) is 18.7 Å². The molecule has 0 radical (unpaired) electrons. The van der Waals surface area contributed by atoms with Crippen LogP contribution in [0.25, 0.3) is 0 Å². The van der Waals surface area contributed by atoms with Gasteiger partial charge in [0, 0.05) is 24.0 Å². The van der Waals surface area contributed by atoms with Gasteiger partial charge >= 0.3 is 0 Å². The Kier molecular flexibility index (Phi) is 4.35. The van der Waals surface area contributed by atoms with Crippen molar-refractivity contribution in [1.82, 2.24) is 4.90 Å². The fourth-order valence-corrected chi connectivity index (χ4v) is 2.87. The zero-order chi connectivity index (χ0) is 14.0. The van der Waals surface area contributed by atoms with E-state index in [1.165, 1.54) is 0 Å². The van der Waals surface area contributed by atoms with Crippen LogP contribution in [0, 0.1) is 12.8 Å². The quantitative estimate of drug-likeness (QED) is 0.846. The van der Waals surface area contributed by atoms with E-state index in [-0.39, 0.29) is 17.0 Å². The van der Waals surface area contributed by atoms with Crippen molar-refractivity contribution >= 4 is 17.5 Å². The number of halogens is 1. The molecule has 19 heavy (non-hydrogen) atoms. The number of phenolic OH excluding ortho intramolecular Hbond substituents is 1. The van der Waals surface area contributed by atoms with Crippen LogP contribution in [-0.4, -0.2) is 34.4 Å². The highest BCUT2D eigenvalue weighted by Gasteiger charge is 2.26. The third-order valence-corrected chi connectivity index (χ3v) is 4.27. The molecule has 1 heterocycles. The number of aromatic hydroxyl groups is 1. The van der Waals surface area contributed by atoms with Crippen LogP contribution in [0.15, 0.2) is 18.2 Å². The summed E-state index contributed by atoms with van der Waals surface area (Å²) in [5.74, 6) is 0.758. The lowest BCUT2D eigenvalue weighted by atomic mass is 9.93. The molecule has 1 fully saturated rings. The standard InChI is InChI=1S/C15H20ClNO2/c1-10-9-13(18)3-4-14(10)15(19)17-7-5-12(6-8-17)11(2)16/h3-4,9,11-12,18H,5-8H2,1-2H3. The van der Waals surface area contributed by atoms with Crippen molar-refractivity contribution in [3.63, 3.8) is 0 Å². The van der Waals surface area contributed by atoms with Crippen molar-refractivity contribution in [2.24, 2.45) is 5.92 Å². The number of benzene rings is 1. The highest BCUT2D eigenvalue weighted by atomic mass is 35.5. The minimum atomic E-state index is 0.0539. The van der Waals surface area contributed by atoms with Gasteiger partial charge in [0.15, 0.2) is 0 Å². The number of hydrogen-bond donors (Lipinski definition) is 1. The van der Waals surface area contributed by atoms with E-state index in [2.05, 4.69) is 0 Å². The first-order chi connectivity index (χ1) is 8.99. The van der Waals surface area contributed by atoms with Crippen molar-refractivity contribution < 1.29 is 9.90 Å². The number of amides is 1. The number of likely N-dealkylation sites (tertiary alicyclic amines) is 1. The van der Waals surface area contributed by atoms with Crippen LogP contribution in [0.3, 0.4) is 0 Å². The van der Waals surface area contributed by atoms with E-state index >= 15 is 0 Å². The molecule has 0 spiro atoms. The summed E-state index contributed by atoms with van der Waals surface area (Å²) in [5.41, 5.74) is 1.49. The molecule has 1 aliphatic heterocycles. The second kappa shape index (κ2) is 5.83. The molecule has 1 unspecified atom stereocenters. The van der Waals surface area contributed by atoms with Crippen molar-refractivity contribution in [1.29, 1.82) is 0 Å². The summed E-state index contributed by atoms with van der Waals surface area (Å²) in [6, 6.07) is 4.89. The van der Waals surface area contributed by atoms with Gasteiger partial charge in [-0.2, -0.15) is 0 Å². The molecule has 0 aromatic heterocycles. The minimum Gasteiger partial charge on any atom is -0.508 e. The first-order valence-corrected chi connectivity index (χ1v) is 7.15. The van der Waals surface area contributed by atoms with Crippen molar-refractivity contribution in [3.05, 3.63) is 29.3 Å². The fourth-order valence-electron chi connectivity index (χ4n) is 2.62. The molecule has 1 aromatic carbocycles. The fraction of sp³-hybridized carbons (Fsp3) is 0.533. The Morgan fingerprint density at radius 1 is 1.42 bits per heavy atom. The first-order valence-electron chi connectivity index (χ1n) is 6.72. The topological polar surface area (TPSA) is 40.5 Å². The zero-order valence-corrected chi connectivity index (χ0v) is 12.2. The molecule has 1 aliphatic rings. The van der Waals surface area contributed by atoms with Crippen molar-refractivity contribution in [2.75, 3.05) is 13.1 Å². The molecule has 1 aromatic rings. The highest BCUT2D eigenvalue weighted by Crippen LogP contribution is 2.25. The average molecular weight is 282 g/mol. The molecule has 4 heteroatoms. The molecule has 1 N–H and O–H groups in total. The average Bonchev–Trinajstić information content (AvgIpc) is 2.38. The van der Waals surface area contributed by atoms with E-state index < -0.39 is 0 Å². The largest absolute Gasteiger partial charge is 0.508 e. The maximum Gasteiger partial charge on any atom is 0.254 e. The van der Waals surface area contributed by atoms with Gasteiger partial charge in [0.05, 0.1) is 0 Å². The van der Waals surface area contributed by atoms with Gasteiger partial charge in [-0.05, 0) is 56.4 Å². The van der Waals surface area contributed by atoms with Crippen LogP contribution in [0.1, 0.15) is 35.7 Å². The molecular formula is C15H20ClNO2. The van der Waals surface area contributed by atoms with Crippen molar-refractivity contribution in [3.8, 4) is 5.75 Å². The van der Waals surface area contributed by atoms with Crippen LogP contribution >= 0.6 is 11.6 Å². The molecule has 0 bridgehead atoms. The Hall–Kier alpha value is -1.22.